The predicted octanol–water partition coefficient (Wildman–Crippen LogP) is 5.05. The molecule has 2 atom stereocenters. The van der Waals surface area contributed by atoms with Gasteiger partial charge in [0.2, 0.25) is 5.75 Å². The van der Waals surface area contributed by atoms with Gasteiger partial charge in [0.1, 0.15) is 10.9 Å². The maximum Gasteiger partial charge on any atom is 0.390 e. The van der Waals surface area contributed by atoms with E-state index in [1.807, 2.05) is 32.9 Å². The molecule has 0 saturated carbocycles. The van der Waals surface area contributed by atoms with Crippen molar-refractivity contribution in [2.45, 2.75) is 39.3 Å². The minimum Gasteiger partial charge on any atom is -0.502 e. The zero-order valence-electron chi connectivity index (χ0n) is 17.2. The summed E-state index contributed by atoms with van der Waals surface area (Å²) in [5.74, 6) is 0.327. The van der Waals surface area contributed by atoms with Gasteiger partial charge < -0.3 is 19.1 Å². The summed E-state index contributed by atoms with van der Waals surface area (Å²) in [6, 6.07) is 6.64. The molecule has 0 bridgehead atoms. The van der Waals surface area contributed by atoms with Gasteiger partial charge in [0, 0.05) is 18.3 Å². The van der Waals surface area contributed by atoms with E-state index in [-0.39, 0.29) is 29.6 Å². The number of phenolic OH excluding ortho intramolecular Hbond substituents is 1. The molecule has 2 aromatic rings. The van der Waals surface area contributed by atoms with E-state index in [4.69, 9.17) is 18.5 Å². The van der Waals surface area contributed by atoms with Gasteiger partial charge in [-0.2, -0.15) is 0 Å². The molecule has 0 aliphatic rings. The zero-order valence-corrected chi connectivity index (χ0v) is 18.1. The highest BCUT2D eigenvalue weighted by molar-refractivity contribution is 7.55. The maximum absolute atomic E-state index is 14.0. The molecule has 1 aromatic heterocycles. The van der Waals surface area contributed by atoms with Crippen LogP contribution >= 0.6 is 7.60 Å². The molecule has 2 rings (SSSR count). The summed E-state index contributed by atoms with van der Waals surface area (Å²) in [6.07, 6.45) is 2.15. The number of hydrogen-bond acceptors (Lipinski definition) is 7. The number of benzene rings is 1. The first-order valence-corrected chi connectivity index (χ1v) is 10.6. The van der Waals surface area contributed by atoms with Crippen molar-refractivity contribution in [1.82, 2.24) is 4.98 Å². The topological polar surface area (TPSA) is 87.1 Å². The van der Waals surface area contributed by atoms with Crippen LogP contribution in [-0.4, -0.2) is 30.9 Å². The summed E-state index contributed by atoms with van der Waals surface area (Å²) >= 11 is 0. The molecule has 0 aliphatic carbocycles. The van der Waals surface area contributed by atoms with Crippen LogP contribution in [0.15, 0.2) is 30.5 Å². The summed E-state index contributed by atoms with van der Waals surface area (Å²) in [7, 11) is -0.922. The van der Waals surface area contributed by atoms with Crippen LogP contribution in [0.4, 0.5) is 0 Å². The van der Waals surface area contributed by atoms with Gasteiger partial charge in [0.15, 0.2) is 11.5 Å². The third-order valence-corrected chi connectivity index (χ3v) is 7.58. The quantitative estimate of drug-likeness (QED) is 0.580. The van der Waals surface area contributed by atoms with E-state index < -0.39 is 12.8 Å². The van der Waals surface area contributed by atoms with E-state index >= 15 is 0 Å². The molecular weight excluding hydrogens is 381 g/mol. The molecule has 0 aliphatic heterocycles. The number of aryl methyl sites for hydroxylation is 1. The zero-order chi connectivity index (χ0) is 20.9. The Morgan fingerprint density at radius 2 is 1.79 bits per heavy atom. The van der Waals surface area contributed by atoms with Gasteiger partial charge in [0.05, 0.1) is 26.5 Å². The smallest absolute Gasteiger partial charge is 0.390 e. The predicted molar refractivity (Wildman–Crippen MR) is 108 cm³/mol. The summed E-state index contributed by atoms with van der Waals surface area (Å²) in [5, 5.41) is 9.14. The van der Waals surface area contributed by atoms with Crippen molar-refractivity contribution in [3.05, 3.63) is 41.7 Å². The first kappa shape index (κ1) is 22.1. The highest BCUT2D eigenvalue weighted by Gasteiger charge is 2.50. The highest BCUT2D eigenvalue weighted by Crippen LogP contribution is 2.66. The number of hydrogen-bond donors (Lipinski definition) is 1. The average Bonchev–Trinajstić information content (AvgIpc) is 2.68. The van der Waals surface area contributed by atoms with Gasteiger partial charge in [0.25, 0.3) is 0 Å². The highest BCUT2D eigenvalue weighted by atomic mass is 31.2. The summed E-state index contributed by atoms with van der Waals surface area (Å²) in [6.45, 7) is 7.62. The van der Waals surface area contributed by atoms with E-state index in [0.29, 0.717) is 12.1 Å². The first-order chi connectivity index (χ1) is 13.3. The molecule has 154 valence electrons. The van der Waals surface area contributed by atoms with Gasteiger partial charge in [-0.05, 0) is 38.8 Å². The number of nitrogens with zero attached hydrogens (tertiary/aromatic N) is 1. The van der Waals surface area contributed by atoms with Crippen molar-refractivity contribution >= 4 is 7.60 Å². The number of aromatic nitrogens is 1. The van der Waals surface area contributed by atoms with E-state index in [1.54, 1.807) is 13.1 Å². The maximum atomic E-state index is 14.0. The number of methoxy groups -OCH3 is 2. The van der Waals surface area contributed by atoms with Crippen LogP contribution in [0.3, 0.4) is 0 Å². The lowest BCUT2D eigenvalue weighted by molar-refractivity contribution is 0.249. The number of pyridine rings is 1. The Balaban J connectivity index is 2.60. The Morgan fingerprint density at radius 3 is 2.25 bits per heavy atom. The number of aromatic hydroxyl groups is 1. The number of phenols is 1. The molecule has 7 nitrogen and oxygen atoms in total. The average molecular weight is 409 g/mol. The SMILES string of the molecule is CCOP(=O)(Oc1cc(OC)c(O)c(OC)c1)C(C)(CC)c1ncccc1C. The van der Waals surface area contributed by atoms with E-state index in [1.165, 1.54) is 26.4 Å². The van der Waals surface area contributed by atoms with Gasteiger partial charge in [-0.1, -0.05) is 13.0 Å². The van der Waals surface area contributed by atoms with Gasteiger partial charge >= 0.3 is 7.60 Å². The lowest BCUT2D eigenvalue weighted by Crippen LogP contribution is -2.28. The van der Waals surface area contributed by atoms with Crippen LogP contribution in [0.2, 0.25) is 0 Å². The molecule has 1 N–H and O–H groups in total. The molecule has 0 saturated heterocycles. The van der Waals surface area contributed by atoms with Gasteiger partial charge in [-0.3, -0.25) is 9.51 Å². The summed E-state index contributed by atoms with van der Waals surface area (Å²) < 4.78 is 36.1. The van der Waals surface area contributed by atoms with Crippen LogP contribution < -0.4 is 14.0 Å². The summed E-state index contributed by atoms with van der Waals surface area (Å²) in [4.78, 5) is 4.47. The molecule has 0 amide bonds. The van der Waals surface area contributed by atoms with Crippen LogP contribution in [0, 0.1) is 6.92 Å². The molecule has 0 fully saturated rings. The standard InChI is InChI=1S/C20H28NO6P/c1-7-20(4,19-14(3)10-9-11-21-19)28(23,26-8-2)27-15-12-16(24-5)18(22)17(13-15)25-6/h9-13,22H,7-8H2,1-6H3. The number of ether oxygens (including phenoxy) is 2. The Labute approximate surface area is 166 Å². The second-order valence-corrected chi connectivity index (χ2v) is 8.90. The summed E-state index contributed by atoms with van der Waals surface area (Å²) in [5.41, 5.74) is 1.56. The van der Waals surface area contributed by atoms with E-state index in [9.17, 15) is 9.67 Å². The second-order valence-electron chi connectivity index (χ2n) is 6.48. The minimum absolute atomic E-state index is 0.143. The van der Waals surface area contributed by atoms with Crippen molar-refractivity contribution in [2.24, 2.45) is 0 Å². The fraction of sp³-hybridized carbons (Fsp3) is 0.450. The largest absolute Gasteiger partial charge is 0.502 e. The van der Waals surface area contributed by atoms with Crippen molar-refractivity contribution in [1.29, 1.82) is 0 Å². The Bertz CT molecular complexity index is 847. The molecule has 0 radical (unpaired) electrons. The molecule has 8 heteroatoms. The third kappa shape index (κ3) is 3.96. The second kappa shape index (κ2) is 8.84. The normalized spacial score (nSPS) is 15.4. The van der Waals surface area contributed by atoms with Crippen molar-refractivity contribution in [3.63, 3.8) is 0 Å². The minimum atomic E-state index is -3.74. The Morgan fingerprint density at radius 1 is 1.18 bits per heavy atom. The fourth-order valence-corrected chi connectivity index (χ4v) is 5.18. The van der Waals surface area contributed by atoms with E-state index in [0.717, 1.165) is 5.56 Å². The molecule has 28 heavy (non-hydrogen) atoms. The Hall–Kier alpha value is -2.24. The molecule has 2 unspecified atom stereocenters. The van der Waals surface area contributed by atoms with Crippen LogP contribution in [0.5, 0.6) is 23.0 Å². The molecule has 1 heterocycles. The molecular formula is C20H28NO6P. The van der Waals surface area contributed by atoms with Crippen LogP contribution in [-0.2, 0) is 14.2 Å². The van der Waals surface area contributed by atoms with Gasteiger partial charge in [-0.25, -0.2) is 4.57 Å². The van der Waals surface area contributed by atoms with Crippen LogP contribution in [0.25, 0.3) is 0 Å². The van der Waals surface area contributed by atoms with Crippen molar-refractivity contribution in [3.8, 4) is 23.0 Å². The van der Waals surface area contributed by atoms with Crippen molar-refractivity contribution < 1.29 is 28.2 Å². The lowest BCUT2D eigenvalue weighted by atomic mass is 9.99. The fourth-order valence-electron chi connectivity index (χ4n) is 3.04. The number of rotatable bonds is 9. The molecule has 0 spiro atoms. The van der Waals surface area contributed by atoms with Crippen molar-refractivity contribution in [2.75, 3.05) is 20.8 Å². The Kier molecular flexibility index (Phi) is 6.96. The lowest BCUT2D eigenvalue weighted by Gasteiger charge is -2.35. The van der Waals surface area contributed by atoms with Crippen LogP contribution in [0.1, 0.15) is 38.4 Å². The first-order valence-electron chi connectivity index (χ1n) is 9.07. The monoisotopic (exact) mass is 409 g/mol. The van der Waals surface area contributed by atoms with E-state index in [2.05, 4.69) is 4.98 Å². The third-order valence-electron chi connectivity index (χ3n) is 4.79. The van der Waals surface area contributed by atoms with Gasteiger partial charge in [-0.15, -0.1) is 0 Å². The molecule has 1 aromatic carbocycles.